The predicted octanol–water partition coefficient (Wildman–Crippen LogP) is 15.1. The van der Waals surface area contributed by atoms with Crippen LogP contribution in [0.3, 0.4) is 0 Å². The van der Waals surface area contributed by atoms with E-state index in [1.54, 1.807) is 0 Å². The quantitative estimate of drug-likeness (QED) is 0.0195. The maximum absolute atomic E-state index is 12.8. The Morgan fingerprint density at radius 2 is 0.826 bits per heavy atom. The highest BCUT2D eigenvalue weighted by molar-refractivity contribution is 5.70. The van der Waals surface area contributed by atoms with Crippen LogP contribution in [0.25, 0.3) is 0 Å². The molecule has 9 heteroatoms. The molecule has 0 bridgehead atoms. The number of carbonyl (C=O) groups excluding carboxylic acids is 3. The lowest BCUT2D eigenvalue weighted by Crippen LogP contribution is -2.44. The van der Waals surface area contributed by atoms with Crippen LogP contribution in [0.2, 0.25) is 0 Å². The van der Waals surface area contributed by atoms with Crippen LogP contribution in [-0.2, 0) is 33.3 Å². The number of likely N-dealkylation sites (N-methyl/N-ethyl adjacent to an activating group) is 1. The summed E-state index contributed by atoms with van der Waals surface area (Å²) in [5, 5.41) is 11.8. The van der Waals surface area contributed by atoms with Gasteiger partial charge in [0.2, 0.25) is 0 Å². The first-order valence-electron chi connectivity index (χ1n) is 28.4. The number of carboxylic acids is 1. The summed E-state index contributed by atoms with van der Waals surface area (Å²) in [5.41, 5.74) is 0. The van der Waals surface area contributed by atoms with Crippen LogP contribution >= 0.6 is 0 Å². The molecule has 0 aromatic rings. The molecule has 0 aliphatic rings. The lowest BCUT2D eigenvalue weighted by molar-refractivity contribution is -0.870. The van der Waals surface area contributed by atoms with Gasteiger partial charge in [0.1, 0.15) is 13.2 Å². The number of quaternary nitrogens is 1. The molecule has 0 N–H and O–H groups in total. The minimum Gasteiger partial charge on any atom is -0.545 e. The van der Waals surface area contributed by atoms with E-state index >= 15 is 0 Å². The van der Waals surface area contributed by atoms with E-state index in [0.717, 1.165) is 83.5 Å². The van der Waals surface area contributed by atoms with Crippen molar-refractivity contribution in [1.82, 2.24) is 0 Å². The van der Waals surface area contributed by atoms with Crippen molar-refractivity contribution in [3.63, 3.8) is 0 Å². The van der Waals surface area contributed by atoms with Gasteiger partial charge in [0.05, 0.1) is 40.3 Å². The van der Waals surface area contributed by atoms with Crippen LogP contribution < -0.4 is 5.11 Å². The molecule has 0 aliphatic carbocycles. The molecule has 400 valence electrons. The first-order chi connectivity index (χ1) is 33.6. The molecule has 0 aromatic heterocycles. The number of unbranched alkanes of at least 4 members (excludes halogenated alkanes) is 27. The van der Waals surface area contributed by atoms with Crippen molar-refractivity contribution in [2.75, 3.05) is 47.5 Å². The highest BCUT2D eigenvalue weighted by atomic mass is 16.7. The summed E-state index contributed by atoms with van der Waals surface area (Å²) in [6, 6.07) is 0. The fourth-order valence-corrected chi connectivity index (χ4v) is 7.92. The summed E-state index contributed by atoms with van der Waals surface area (Å²) in [5.74, 6) is -2.30. The molecule has 0 saturated carbocycles. The molecule has 0 heterocycles. The third-order valence-corrected chi connectivity index (χ3v) is 12.3. The lowest BCUT2D eigenvalue weighted by atomic mass is 10.0. The number of carbonyl (C=O) groups is 3. The van der Waals surface area contributed by atoms with E-state index in [0.29, 0.717) is 17.4 Å². The predicted molar refractivity (Wildman–Crippen MR) is 288 cm³/mol. The van der Waals surface area contributed by atoms with Crippen LogP contribution in [-0.4, -0.2) is 82.3 Å². The molecular formula is C60H107NO8. The topological polar surface area (TPSA) is 111 Å². The number of carboxylic acid groups (broad SMARTS) is 1. The van der Waals surface area contributed by atoms with Gasteiger partial charge in [-0.3, -0.25) is 9.59 Å². The van der Waals surface area contributed by atoms with Crippen molar-refractivity contribution in [3.05, 3.63) is 60.8 Å². The van der Waals surface area contributed by atoms with Crippen LogP contribution in [0.15, 0.2) is 60.8 Å². The number of aliphatic carboxylic acids is 1. The van der Waals surface area contributed by atoms with Crippen molar-refractivity contribution in [2.45, 2.75) is 257 Å². The van der Waals surface area contributed by atoms with Crippen LogP contribution in [0, 0.1) is 0 Å². The summed E-state index contributed by atoms with van der Waals surface area (Å²) in [7, 11) is 5.91. The molecule has 0 radical (unpaired) electrons. The van der Waals surface area contributed by atoms with Gasteiger partial charge < -0.3 is 33.3 Å². The second kappa shape index (κ2) is 51.3. The molecule has 0 saturated heterocycles. The maximum atomic E-state index is 12.8. The third-order valence-electron chi connectivity index (χ3n) is 12.3. The number of allylic oxidation sites excluding steroid dienone is 10. The van der Waals surface area contributed by atoms with Gasteiger partial charge in [0, 0.05) is 12.8 Å². The lowest BCUT2D eigenvalue weighted by Gasteiger charge is -2.26. The second-order valence-electron chi connectivity index (χ2n) is 20.2. The van der Waals surface area contributed by atoms with Crippen LogP contribution in [0.5, 0.6) is 0 Å². The fraction of sp³-hybridized carbons (Fsp3) is 0.783. The Kier molecular flexibility index (Phi) is 49.1. The monoisotopic (exact) mass is 970 g/mol. The van der Waals surface area contributed by atoms with Gasteiger partial charge in [-0.2, -0.15) is 0 Å². The Bertz CT molecular complexity index is 1310. The summed E-state index contributed by atoms with van der Waals surface area (Å²) < 4.78 is 22.7. The van der Waals surface area contributed by atoms with E-state index in [9.17, 15) is 19.5 Å². The van der Waals surface area contributed by atoms with Crippen molar-refractivity contribution in [3.8, 4) is 0 Å². The molecule has 2 atom stereocenters. The van der Waals surface area contributed by atoms with E-state index in [1.165, 1.54) is 128 Å². The zero-order chi connectivity index (χ0) is 50.6. The highest BCUT2D eigenvalue weighted by Gasteiger charge is 2.22. The standard InChI is InChI=1S/C60H107NO8/c1-6-8-10-12-14-16-18-20-22-24-26-28-29-31-32-34-36-38-40-42-44-46-48-50-57(62)67-54-56(55-68-60(59(64)65)66-53-52-61(3,4)5)69-58(63)51-49-47-45-43-41-39-37-35-33-30-27-25-23-21-19-17-15-13-11-9-7-2/h9,11,15,17,21,23,27,30,35,37,56,60H,6-8,10,12-14,16,18-20,22,24-26,28-29,31-34,36,38-55H2,1-5H3/b11-9-,17-15-,23-21-,30-27-,37-35-. The number of ether oxygens (including phenoxy) is 4. The number of hydrogen-bond acceptors (Lipinski definition) is 8. The Balaban J connectivity index is 4.28. The number of hydrogen-bond donors (Lipinski definition) is 0. The van der Waals surface area contributed by atoms with Crippen molar-refractivity contribution in [2.24, 2.45) is 0 Å². The van der Waals surface area contributed by atoms with Gasteiger partial charge >= 0.3 is 11.9 Å². The molecule has 0 amide bonds. The zero-order valence-electron chi connectivity index (χ0n) is 45.4. The maximum Gasteiger partial charge on any atom is 0.306 e. The SMILES string of the molecule is CC/C=C\C/C=C\C/C=C\C/C=C\C/C=C\CCCCCCCC(=O)OC(COC(=O)CCCCCCCCCCCCCCCCCCCCCCCCC)COC(OCC[N+](C)(C)C)C(=O)[O-]. The van der Waals surface area contributed by atoms with Crippen molar-refractivity contribution in [1.29, 1.82) is 0 Å². The van der Waals surface area contributed by atoms with Crippen LogP contribution in [0.4, 0.5) is 0 Å². The Morgan fingerprint density at radius 1 is 0.449 bits per heavy atom. The summed E-state index contributed by atoms with van der Waals surface area (Å²) in [6.45, 7) is 4.63. The molecular weight excluding hydrogens is 863 g/mol. The summed E-state index contributed by atoms with van der Waals surface area (Å²) in [6.07, 6.45) is 61.2. The molecule has 0 spiro atoms. The van der Waals surface area contributed by atoms with Gasteiger partial charge in [0.15, 0.2) is 12.4 Å². The van der Waals surface area contributed by atoms with E-state index < -0.39 is 24.3 Å². The Labute approximate surface area is 425 Å². The Hall–Kier alpha value is -3.01. The fourth-order valence-electron chi connectivity index (χ4n) is 7.92. The normalized spacial score (nSPS) is 13.2. The molecule has 0 aromatic carbocycles. The molecule has 0 aliphatic heterocycles. The molecule has 2 unspecified atom stereocenters. The smallest absolute Gasteiger partial charge is 0.306 e. The first kappa shape index (κ1) is 66.0. The molecule has 0 rings (SSSR count). The van der Waals surface area contributed by atoms with Gasteiger partial charge in [0.25, 0.3) is 0 Å². The highest BCUT2D eigenvalue weighted by Crippen LogP contribution is 2.17. The van der Waals surface area contributed by atoms with Crippen molar-refractivity contribution >= 4 is 17.9 Å². The van der Waals surface area contributed by atoms with Gasteiger partial charge in [-0.25, -0.2) is 0 Å². The molecule has 9 nitrogen and oxygen atoms in total. The van der Waals surface area contributed by atoms with E-state index in [2.05, 4.69) is 74.6 Å². The van der Waals surface area contributed by atoms with Gasteiger partial charge in [-0.1, -0.05) is 235 Å². The largest absolute Gasteiger partial charge is 0.545 e. The summed E-state index contributed by atoms with van der Waals surface area (Å²) in [4.78, 5) is 37.3. The summed E-state index contributed by atoms with van der Waals surface area (Å²) >= 11 is 0. The first-order valence-corrected chi connectivity index (χ1v) is 28.4. The van der Waals surface area contributed by atoms with E-state index in [-0.39, 0.29) is 38.6 Å². The minimum atomic E-state index is -1.63. The van der Waals surface area contributed by atoms with Gasteiger partial charge in [-0.05, 0) is 57.8 Å². The zero-order valence-corrected chi connectivity index (χ0v) is 45.4. The number of rotatable bonds is 52. The average molecular weight is 971 g/mol. The molecule has 69 heavy (non-hydrogen) atoms. The second-order valence-corrected chi connectivity index (χ2v) is 20.2. The Morgan fingerprint density at radius 3 is 1.23 bits per heavy atom. The minimum absolute atomic E-state index is 0.142. The molecule has 0 fully saturated rings. The van der Waals surface area contributed by atoms with Gasteiger partial charge in [-0.15, -0.1) is 0 Å². The number of esters is 2. The van der Waals surface area contributed by atoms with Crippen molar-refractivity contribution < 1.29 is 42.9 Å². The number of nitrogens with zero attached hydrogens (tertiary/aromatic N) is 1. The average Bonchev–Trinajstić information content (AvgIpc) is 3.31. The van der Waals surface area contributed by atoms with Crippen LogP contribution in [0.1, 0.15) is 245 Å². The van der Waals surface area contributed by atoms with E-state index in [4.69, 9.17) is 18.9 Å². The van der Waals surface area contributed by atoms with E-state index in [1.807, 2.05) is 21.1 Å². The third kappa shape index (κ3) is 52.6.